The lowest BCUT2D eigenvalue weighted by Crippen LogP contribution is -1.98. The van der Waals surface area contributed by atoms with E-state index >= 15 is 0 Å². The van der Waals surface area contributed by atoms with Gasteiger partial charge in [0, 0.05) is 39.8 Å². The highest BCUT2D eigenvalue weighted by Gasteiger charge is 2.12. The Hall–Kier alpha value is -3.35. The fraction of sp³-hybridized carbons (Fsp3) is 0.0417. The first-order chi connectivity index (χ1) is 13.7. The minimum Gasteiger partial charge on any atom is -0.342 e. The van der Waals surface area contributed by atoms with E-state index in [1.54, 1.807) is 24.3 Å². The van der Waals surface area contributed by atoms with Crippen molar-refractivity contribution in [1.82, 2.24) is 4.57 Å². The molecule has 1 aromatic heterocycles. The van der Waals surface area contributed by atoms with Crippen LogP contribution in [0.4, 0.5) is 4.39 Å². The van der Waals surface area contributed by atoms with Crippen LogP contribution in [0.15, 0.2) is 79.0 Å². The summed E-state index contributed by atoms with van der Waals surface area (Å²) >= 11 is 6.33. The first-order valence-electron chi connectivity index (χ1n) is 8.85. The molecular formula is C24H16ClFN2. The molecule has 136 valence electrons. The van der Waals surface area contributed by atoms with Gasteiger partial charge in [-0.25, -0.2) is 4.39 Å². The van der Waals surface area contributed by atoms with Gasteiger partial charge in [-0.2, -0.15) is 5.26 Å². The summed E-state index contributed by atoms with van der Waals surface area (Å²) in [5.41, 5.74) is 3.49. The number of hydrogen-bond acceptors (Lipinski definition) is 1. The molecule has 0 aliphatic carbocycles. The van der Waals surface area contributed by atoms with Gasteiger partial charge in [-0.15, -0.1) is 0 Å². The molecule has 0 bridgehead atoms. The maximum Gasteiger partial charge on any atom is 0.131 e. The smallest absolute Gasteiger partial charge is 0.131 e. The molecule has 0 radical (unpaired) electrons. The summed E-state index contributed by atoms with van der Waals surface area (Å²) in [6.45, 7) is 0.607. The topological polar surface area (TPSA) is 28.7 Å². The molecule has 4 aromatic rings. The maximum absolute atomic E-state index is 14.2. The van der Waals surface area contributed by atoms with Gasteiger partial charge in [0.1, 0.15) is 5.82 Å². The lowest BCUT2D eigenvalue weighted by Gasteiger charge is -2.07. The predicted octanol–water partition coefficient (Wildman–Crippen LogP) is 6.55. The van der Waals surface area contributed by atoms with Crippen molar-refractivity contribution in [1.29, 1.82) is 5.26 Å². The zero-order chi connectivity index (χ0) is 19.5. The molecule has 2 nitrogen and oxygen atoms in total. The summed E-state index contributed by atoms with van der Waals surface area (Å²) in [7, 11) is 0. The van der Waals surface area contributed by atoms with Gasteiger partial charge in [-0.1, -0.05) is 66.2 Å². The monoisotopic (exact) mass is 386 g/mol. The van der Waals surface area contributed by atoms with Gasteiger partial charge in [0.15, 0.2) is 0 Å². The van der Waals surface area contributed by atoms with Gasteiger partial charge in [0.2, 0.25) is 0 Å². The van der Waals surface area contributed by atoms with E-state index in [-0.39, 0.29) is 0 Å². The zero-order valence-electron chi connectivity index (χ0n) is 14.9. The molecule has 0 amide bonds. The van der Waals surface area contributed by atoms with E-state index in [2.05, 4.69) is 10.6 Å². The van der Waals surface area contributed by atoms with Crippen molar-refractivity contribution in [3.8, 4) is 6.07 Å². The van der Waals surface area contributed by atoms with E-state index in [0.29, 0.717) is 22.7 Å². The van der Waals surface area contributed by atoms with Crippen LogP contribution < -0.4 is 0 Å². The Balaban J connectivity index is 1.84. The fourth-order valence-corrected chi connectivity index (χ4v) is 3.53. The molecule has 0 atom stereocenters. The molecule has 0 fully saturated rings. The van der Waals surface area contributed by atoms with Crippen LogP contribution in [0.1, 0.15) is 16.7 Å². The number of nitriles is 1. The Labute approximate surface area is 167 Å². The van der Waals surface area contributed by atoms with Crippen LogP contribution >= 0.6 is 11.6 Å². The molecule has 0 aliphatic rings. The molecule has 0 saturated heterocycles. The number of halogens is 2. The van der Waals surface area contributed by atoms with Gasteiger partial charge in [-0.3, -0.25) is 0 Å². The van der Waals surface area contributed by atoms with E-state index in [1.807, 2.05) is 54.7 Å². The van der Waals surface area contributed by atoms with Crippen molar-refractivity contribution in [2.24, 2.45) is 0 Å². The minimum atomic E-state index is -0.407. The fourth-order valence-electron chi connectivity index (χ4n) is 3.34. The number of hydrogen-bond donors (Lipinski definition) is 0. The van der Waals surface area contributed by atoms with E-state index in [9.17, 15) is 9.65 Å². The van der Waals surface area contributed by atoms with E-state index in [1.165, 1.54) is 6.07 Å². The van der Waals surface area contributed by atoms with Crippen molar-refractivity contribution in [3.63, 3.8) is 0 Å². The number of para-hydroxylation sites is 1. The summed E-state index contributed by atoms with van der Waals surface area (Å²) in [6.07, 6.45) is 3.72. The quantitative estimate of drug-likeness (QED) is 0.366. The van der Waals surface area contributed by atoms with Gasteiger partial charge in [0.05, 0.1) is 11.6 Å². The molecule has 0 aliphatic heterocycles. The number of nitrogens with zero attached hydrogens (tertiary/aromatic N) is 2. The molecule has 4 rings (SSSR count). The third-order valence-corrected chi connectivity index (χ3v) is 5.07. The second kappa shape index (κ2) is 7.72. The third kappa shape index (κ3) is 3.43. The highest BCUT2D eigenvalue weighted by atomic mass is 35.5. The first-order valence-corrected chi connectivity index (χ1v) is 9.23. The van der Waals surface area contributed by atoms with E-state index in [0.717, 1.165) is 22.0 Å². The second-order valence-electron chi connectivity index (χ2n) is 6.47. The second-order valence-corrected chi connectivity index (χ2v) is 6.88. The number of allylic oxidation sites excluding steroid dienone is 1. The van der Waals surface area contributed by atoms with Crippen LogP contribution in [-0.2, 0) is 6.54 Å². The Bertz CT molecular complexity index is 1230. The van der Waals surface area contributed by atoms with Crippen molar-refractivity contribution >= 4 is 34.2 Å². The Kier molecular flexibility index (Phi) is 4.97. The number of benzene rings is 3. The molecule has 0 spiro atoms. The highest BCUT2D eigenvalue weighted by Crippen LogP contribution is 2.28. The van der Waals surface area contributed by atoms with Crippen LogP contribution in [0.3, 0.4) is 0 Å². The molecule has 28 heavy (non-hydrogen) atoms. The van der Waals surface area contributed by atoms with Crippen LogP contribution in [-0.4, -0.2) is 4.57 Å². The zero-order valence-corrected chi connectivity index (χ0v) is 15.7. The predicted molar refractivity (Wildman–Crippen MR) is 112 cm³/mol. The molecule has 1 heterocycles. The lowest BCUT2D eigenvalue weighted by molar-refractivity contribution is 0.624. The molecule has 0 unspecified atom stereocenters. The molecule has 0 N–H and O–H groups in total. The van der Waals surface area contributed by atoms with Gasteiger partial charge < -0.3 is 4.57 Å². The number of aromatic nitrogens is 1. The largest absolute Gasteiger partial charge is 0.342 e. The van der Waals surface area contributed by atoms with Crippen molar-refractivity contribution in [3.05, 3.63) is 107 Å². The summed E-state index contributed by atoms with van der Waals surface area (Å²) in [4.78, 5) is 0. The standard InChI is InChI=1S/C24H16ClFN2/c25-22-10-4-1-7-17(22)15-28-16-19(21-9-3-6-12-24(21)28)13-18(14-27)20-8-2-5-11-23(20)26/h1-13,16H,15H2. The van der Waals surface area contributed by atoms with E-state index < -0.39 is 5.82 Å². The summed E-state index contributed by atoms with van der Waals surface area (Å²) in [5, 5.41) is 11.3. The van der Waals surface area contributed by atoms with E-state index in [4.69, 9.17) is 11.6 Å². The first kappa shape index (κ1) is 18.0. The minimum absolute atomic E-state index is 0.291. The summed E-state index contributed by atoms with van der Waals surface area (Å²) < 4.78 is 16.3. The van der Waals surface area contributed by atoms with Gasteiger partial charge >= 0.3 is 0 Å². The molecule has 0 saturated carbocycles. The third-order valence-electron chi connectivity index (χ3n) is 4.70. The van der Waals surface area contributed by atoms with Gasteiger partial charge in [0.25, 0.3) is 0 Å². The van der Waals surface area contributed by atoms with Crippen LogP contribution in [0.5, 0.6) is 0 Å². The summed E-state index contributed by atoms with van der Waals surface area (Å²) in [5.74, 6) is -0.407. The van der Waals surface area contributed by atoms with Crippen LogP contribution in [0.2, 0.25) is 5.02 Å². The maximum atomic E-state index is 14.2. The number of rotatable bonds is 4. The van der Waals surface area contributed by atoms with Crippen molar-refractivity contribution < 1.29 is 4.39 Å². The average molecular weight is 387 g/mol. The number of fused-ring (bicyclic) bond motifs is 1. The van der Waals surface area contributed by atoms with Gasteiger partial charge in [-0.05, 0) is 29.8 Å². The van der Waals surface area contributed by atoms with Crippen molar-refractivity contribution in [2.45, 2.75) is 6.54 Å². The highest BCUT2D eigenvalue weighted by molar-refractivity contribution is 6.31. The molecule has 4 heteroatoms. The Morgan fingerprint density at radius 2 is 1.71 bits per heavy atom. The van der Waals surface area contributed by atoms with Crippen LogP contribution in [0.25, 0.3) is 22.6 Å². The molecule has 3 aromatic carbocycles. The Morgan fingerprint density at radius 3 is 2.50 bits per heavy atom. The SMILES string of the molecule is N#CC(=Cc1cn(Cc2ccccc2Cl)c2ccccc12)c1ccccc1F. The Morgan fingerprint density at radius 1 is 1.00 bits per heavy atom. The average Bonchev–Trinajstić information content (AvgIpc) is 3.06. The normalized spacial score (nSPS) is 11.5. The summed E-state index contributed by atoms with van der Waals surface area (Å²) in [6, 6.07) is 24.1. The van der Waals surface area contributed by atoms with Crippen LogP contribution in [0, 0.1) is 17.1 Å². The molecular weight excluding hydrogens is 371 g/mol. The van der Waals surface area contributed by atoms with Crippen molar-refractivity contribution in [2.75, 3.05) is 0 Å². The lowest BCUT2D eigenvalue weighted by atomic mass is 10.0.